The zero-order valence-electron chi connectivity index (χ0n) is 15.3. The van der Waals surface area contributed by atoms with Gasteiger partial charge < -0.3 is 15.3 Å². The Kier molecular flexibility index (Phi) is 6.32. The van der Waals surface area contributed by atoms with Crippen molar-refractivity contribution in [3.8, 4) is 0 Å². The lowest BCUT2D eigenvalue weighted by Gasteiger charge is -2.43. The summed E-state index contributed by atoms with van der Waals surface area (Å²) < 4.78 is 0. The third-order valence-corrected chi connectivity index (χ3v) is 5.61. The Morgan fingerprint density at radius 2 is 1.96 bits per heavy atom. The number of urea groups is 1. The number of carbonyl (C=O) groups excluding carboxylic acids is 1. The fourth-order valence-electron chi connectivity index (χ4n) is 3.84. The van der Waals surface area contributed by atoms with E-state index in [9.17, 15) is 9.90 Å². The van der Waals surface area contributed by atoms with Crippen LogP contribution in [0.25, 0.3) is 0 Å². The molecule has 0 aromatic heterocycles. The van der Waals surface area contributed by atoms with Crippen molar-refractivity contribution in [3.05, 3.63) is 0 Å². The van der Waals surface area contributed by atoms with Gasteiger partial charge in [-0.05, 0) is 58.9 Å². The Morgan fingerprint density at radius 3 is 2.61 bits per heavy atom. The number of hydrogen-bond donors (Lipinski definition) is 2. The predicted molar refractivity (Wildman–Crippen MR) is 93.4 cm³/mol. The smallest absolute Gasteiger partial charge is 0.317 e. The minimum Gasteiger partial charge on any atom is -0.393 e. The molecule has 2 N–H and O–H groups in total. The quantitative estimate of drug-likeness (QED) is 0.834. The van der Waals surface area contributed by atoms with Crippen molar-refractivity contribution < 1.29 is 9.90 Å². The van der Waals surface area contributed by atoms with E-state index in [1.165, 1.54) is 12.8 Å². The molecule has 3 unspecified atom stereocenters. The second-order valence-corrected chi connectivity index (χ2v) is 8.25. The van der Waals surface area contributed by atoms with Crippen LogP contribution in [0.5, 0.6) is 0 Å². The van der Waals surface area contributed by atoms with Gasteiger partial charge in [0.25, 0.3) is 0 Å². The van der Waals surface area contributed by atoms with Crippen LogP contribution >= 0.6 is 0 Å². The van der Waals surface area contributed by atoms with E-state index in [4.69, 9.17) is 0 Å². The molecule has 2 saturated heterocycles. The van der Waals surface area contributed by atoms with Crippen LogP contribution in [0.3, 0.4) is 0 Å². The fourth-order valence-corrected chi connectivity index (χ4v) is 3.84. The Morgan fingerprint density at radius 1 is 1.26 bits per heavy atom. The van der Waals surface area contributed by atoms with Crippen LogP contribution in [0, 0.1) is 11.8 Å². The van der Waals surface area contributed by atoms with Gasteiger partial charge in [-0.3, -0.25) is 4.90 Å². The maximum atomic E-state index is 12.5. The minimum absolute atomic E-state index is 0.0101. The van der Waals surface area contributed by atoms with E-state index in [0.29, 0.717) is 13.1 Å². The molecule has 0 radical (unpaired) electrons. The van der Waals surface area contributed by atoms with Crippen LogP contribution < -0.4 is 5.32 Å². The van der Waals surface area contributed by atoms with E-state index in [2.05, 4.69) is 31.0 Å². The van der Waals surface area contributed by atoms with Gasteiger partial charge >= 0.3 is 6.03 Å². The summed E-state index contributed by atoms with van der Waals surface area (Å²) in [6, 6.07) is 0.0217. The molecule has 2 rings (SSSR count). The van der Waals surface area contributed by atoms with Crippen LogP contribution in [0.4, 0.5) is 4.79 Å². The van der Waals surface area contributed by atoms with Gasteiger partial charge in [0.05, 0.1) is 6.10 Å². The number of carbonyl (C=O) groups is 1. The number of piperidine rings is 2. The molecular weight excluding hydrogens is 290 g/mol. The first-order valence-electron chi connectivity index (χ1n) is 9.25. The second-order valence-electron chi connectivity index (χ2n) is 8.25. The van der Waals surface area contributed by atoms with Crippen molar-refractivity contribution >= 4 is 6.03 Å². The Bertz CT molecular complexity index is 398. The number of nitrogens with one attached hydrogen (secondary N) is 1. The predicted octanol–water partition coefficient (Wildman–Crippen LogP) is 2.30. The maximum Gasteiger partial charge on any atom is 0.317 e. The first kappa shape index (κ1) is 18.5. The van der Waals surface area contributed by atoms with Gasteiger partial charge in [-0.15, -0.1) is 0 Å². The second kappa shape index (κ2) is 7.84. The molecule has 0 aromatic rings. The van der Waals surface area contributed by atoms with E-state index in [-0.39, 0.29) is 23.6 Å². The SMILES string of the molecule is CC1CCCN(C(C)(C)CNC(=O)N2CCCC(C(C)O)C2)C1. The fraction of sp³-hybridized carbons (Fsp3) is 0.944. The van der Waals surface area contributed by atoms with E-state index >= 15 is 0 Å². The van der Waals surface area contributed by atoms with Crippen LogP contribution in [0.15, 0.2) is 0 Å². The molecule has 0 saturated carbocycles. The highest BCUT2D eigenvalue weighted by atomic mass is 16.3. The van der Waals surface area contributed by atoms with Crippen molar-refractivity contribution in [2.24, 2.45) is 11.8 Å². The van der Waals surface area contributed by atoms with Crippen LogP contribution in [-0.4, -0.2) is 65.3 Å². The highest BCUT2D eigenvalue weighted by Crippen LogP contribution is 2.24. The van der Waals surface area contributed by atoms with E-state index < -0.39 is 0 Å². The van der Waals surface area contributed by atoms with Gasteiger partial charge in [-0.25, -0.2) is 4.79 Å². The van der Waals surface area contributed by atoms with E-state index in [1.807, 2.05) is 11.8 Å². The van der Waals surface area contributed by atoms with Crippen LogP contribution in [0.1, 0.15) is 53.4 Å². The monoisotopic (exact) mass is 325 g/mol. The number of aliphatic hydroxyl groups excluding tert-OH is 1. The van der Waals surface area contributed by atoms with Crippen LogP contribution in [-0.2, 0) is 0 Å². The molecule has 2 amide bonds. The minimum atomic E-state index is -0.336. The molecule has 5 heteroatoms. The molecule has 2 heterocycles. The Labute approximate surface area is 141 Å². The molecule has 134 valence electrons. The van der Waals surface area contributed by atoms with Gasteiger partial charge in [0.1, 0.15) is 0 Å². The molecule has 2 aliphatic rings. The number of nitrogens with zero attached hydrogens (tertiary/aromatic N) is 2. The summed E-state index contributed by atoms with van der Waals surface area (Å²) in [7, 11) is 0. The molecule has 23 heavy (non-hydrogen) atoms. The summed E-state index contributed by atoms with van der Waals surface area (Å²) in [5.41, 5.74) is -0.0101. The average Bonchev–Trinajstić information content (AvgIpc) is 2.53. The normalized spacial score (nSPS) is 28.5. The van der Waals surface area contributed by atoms with E-state index in [1.54, 1.807) is 0 Å². The molecule has 5 nitrogen and oxygen atoms in total. The lowest BCUT2D eigenvalue weighted by atomic mass is 9.93. The van der Waals surface area contributed by atoms with Gasteiger partial charge in [-0.2, -0.15) is 0 Å². The highest BCUT2D eigenvalue weighted by molar-refractivity contribution is 5.74. The van der Waals surface area contributed by atoms with Crippen molar-refractivity contribution in [1.29, 1.82) is 0 Å². The van der Waals surface area contributed by atoms with Gasteiger partial charge in [-0.1, -0.05) is 6.92 Å². The summed E-state index contributed by atoms with van der Waals surface area (Å²) in [5, 5.41) is 12.9. The highest BCUT2D eigenvalue weighted by Gasteiger charge is 2.32. The molecule has 3 atom stereocenters. The van der Waals surface area contributed by atoms with Crippen molar-refractivity contribution in [2.45, 2.75) is 65.0 Å². The largest absolute Gasteiger partial charge is 0.393 e. The van der Waals surface area contributed by atoms with Crippen molar-refractivity contribution in [2.75, 3.05) is 32.7 Å². The first-order valence-corrected chi connectivity index (χ1v) is 9.25. The molecule has 0 bridgehead atoms. The summed E-state index contributed by atoms with van der Waals surface area (Å²) >= 11 is 0. The Balaban J connectivity index is 1.83. The van der Waals surface area contributed by atoms with Gasteiger partial charge in [0.2, 0.25) is 0 Å². The molecule has 0 aliphatic carbocycles. The van der Waals surface area contributed by atoms with Gasteiger partial charge in [0, 0.05) is 37.6 Å². The summed E-state index contributed by atoms with van der Waals surface area (Å²) in [6.45, 7) is 13.0. The molecule has 2 aliphatic heterocycles. The van der Waals surface area contributed by atoms with Crippen molar-refractivity contribution in [3.63, 3.8) is 0 Å². The first-order chi connectivity index (χ1) is 10.8. The summed E-state index contributed by atoms with van der Waals surface area (Å²) in [5.74, 6) is 0.957. The lowest BCUT2D eigenvalue weighted by molar-refractivity contribution is 0.0629. The lowest BCUT2D eigenvalue weighted by Crippen LogP contribution is -2.56. The Hall–Kier alpha value is -0.810. The zero-order chi connectivity index (χ0) is 17.0. The standard InChI is InChI=1S/C18H35N3O2/c1-14-7-5-10-21(11-14)18(3,4)13-19-17(23)20-9-6-8-16(12-20)15(2)22/h14-16,22H,5-13H2,1-4H3,(H,19,23). The number of aliphatic hydroxyl groups is 1. The van der Waals surface area contributed by atoms with E-state index in [0.717, 1.165) is 38.4 Å². The van der Waals surface area contributed by atoms with Crippen LogP contribution in [0.2, 0.25) is 0 Å². The maximum absolute atomic E-state index is 12.5. The van der Waals surface area contributed by atoms with Gasteiger partial charge in [0.15, 0.2) is 0 Å². The number of likely N-dealkylation sites (tertiary alicyclic amines) is 2. The molecular formula is C18H35N3O2. The topological polar surface area (TPSA) is 55.8 Å². The number of hydrogen-bond acceptors (Lipinski definition) is 3. The third kappa shape index (κ3) is 5.08. The summed E-state index contributed by atoms with van der Waals surface area (Å²) in [4.78, 5) is 16.9. The summed E-state index contributed by atoms with van der Waals surface area (Å²) in [6.07, 6.45) is 4.22. The number of rotatable bonds is 4. The van der Waals surface area contributed by atoms with Crippen molar-refractivity contribution in [1.82, 2.24) is 15.1 Å². The third-order valence-electron chi connectivity index (χ3n) is 5.61. The molecule has 0 spiro atoms. The average molecular weight is 325 g/mol. The molecule has 0 aromatic carbocycles. The zero-order valence-corrected chi connectivity index (χ0v) is 15.3. The molecule has 2 fully saturated rings. The number of amides is 2.